The van der Waals surface area contributed by atoms with Gasteiger partial charge in [-0.2, -0.15) is 5.01 Å². The Kier molecular flexibility index (Phi) is 4.92. The molecular formula is C4H13BrN6. The number of nitrogens with one attached hydrogen (secondary N) is 2. The van der Waals surface area contributed by atoms with Crippen molar-refractivity contribution in [2.24, 2.45) is 16.6 Å². The molecule has 0 aromatic rings. The van der Waals surface area contributed by atoms with Gasteiger partial charge in [0.05, 0.1) is 6.67 Å². The summed E-state index contributed by atoms with van der Waals surface area (Å²) in [6.07, 6.45) is 0. The molecule has 6 N–H and O–H groups in total. The van der Waals surface area contributed by atoms with E-state index in [-0.39, 0.29) is 22.9 Å². The second-order valence-electron chi connectivity index (χ2n) is 2.06. The number of rotatable bonds is 2. The van der Waals surface area contributed by atoms with Crippen LogP contribution in [-0.2, 0) is 0 Å². The zero-order valence-electron chi connectivity index (χ0n) is 6.08. The highest BCUT2D eigenvalue weighted by Gasteiger charge is 2.07. The minimum atomic E-state index is 0. The Morgan fingerprint density at radius 2 is 2.27 bits per heavy atom. The summed E-state index contributed by atoms with van der Waals surface area (Å²) >= 11 is 0. The van der Waals surface area contributed by atoms with Crippen molar-refractivity contribution in [3.8, 4) is 0 Å². The Bertz CT molecular complexity index is 127. The molecule has 1 aliphatic rings. The predicted octanol–water partition coefficient (Wildman–Crippen LogP) is -1.88. The van der Waals surface area contributed by atoms with Crippen LogP contribution in [0.1, 0.15) is 0 Å². The van der Waals surface area contributed by atoms with Crippen molar-refractivity contribution in [3.05, 3.63) is 0 Å². The first kappa shape index (κ1) is 10.5. The summed E-state index contributed by atoms with van der Waals surface area (Å²) in [6.45, 7) is 2.65. The second-order valence-corrected chi connectivity index (χ2v) is 2.06. The van der Waals surface area contributed by atoms with Crippen LogP contribution in [0.3, 0.4) is 0 Å². The molecule has 0 aromatic heterocycles. The van der Waals surface area contributed by atoms with E-state index in [1.807, 2.05) is 5.01 Å². The van der Waals surface area contributed by atoms with Gasteiger partial charge in [-0.25, -0.2) is 5.53 Å². The molecule has 11 heavy (non-hydrogen) atoms. The molecule has 1 aliphatic heterocycles. The van der Waals surface area contributed by atoms with E-state index in [1.165, 1.54) is 0 Å². The fourth-order valence-corrected chi connectivity index (χ4v) is 0.721. The van der Waals surface area contributed by atoms with Crippen molar-refractivity contribution in [1.29, 1.82) is 0 Å². The van der Waals surface area contributed by atoms with Crippen molar-refractivity contribution in [3.63, 3.8) is 0 Å². The Labute approximate surface area is 75.7 Å². The van der Waals surface area contributed by atoms with Crippen molar-refractivity contribution < 1.29 is 0 Å². The molecule has 0 radical (unpaired) electrons. The molecule has 0 amide bonds. The maximum absolute atomic E-state index is 5.09. The molecule has 6 nitrogen and oxygen atoms in total. The summed E-state index contributed by atoms with van der Waals surface area (Å²) in [5.41, 5.74) is 12.9. The molecule has 0 unspecified atom stereocenters. The van der Waals surface area contributed by atoms with Gasteiger partial charge in [0.25, 0.3) is 0 Å². The van der Waals surface area contributed by atoms with E-state index in [0.717, 1.165) is 19.8 Å². The Balaban J connectivity index is 0.000001000. The van der Waals surface area contributed by atoms with Gasteiger partial charge in [-0.1, -0.05) is 0 Å². The zero-order chi connectivity index (χ0) is 7.40. The molecule has 0 bridgehead atoms. The van der Waals surface area contributed by atoms with Crippen LogP contribution in [-0.4, -0.2) is 30.7 Å². The molecule has 7 heteroatoms. The van der Waals surface area contributed by atoms with Crippen LogP contribution in [0, 0.1) is 0 Å². The number of hydrogen-bond donors (Lipinski definition) is 4. The highest BCUT2D eigenvalue weighted by atomic mass is 79.9. The monoisotopic (exact) mass is 224 g/mol. The Morgan fingerprint density at radius 3 is 2.73 bits per heavy atom. The molecule has 66 valence electrons. The predicted molar refractivity (Wildman–Crippen MR) is 48.8 cm³/mol. The molecule has 0 aromatic carbocycles. The molecule has 0 saturated carbocycles. The van der Waals surface area contributed by atoms with Gasteiger partial charge >= 0.3 is 0 Å². The van der Waals surface area contributed by atoms with Crippen LogP contribution in [0.25, 0.3) is 0 Å². The summed E-state index contributed by atoms with van der Waals surface area (Å²) in [5.74, 6) is 0.0481. The normalized spacial score (nSPS) is 17.1. The number of hydrogen-bond acceptors (Lipinski definition) is 4. The summed E-state index contributed by atoms with van der Waals surface area (Å²) < 4.78 is 0. The first-order valence-electron chi connectivity index (χ1n) is 3.09. The maximum atomic E-state index is 5.09. The molecule has 1 heterocycles. The van der Waals surface area contributed by atoms with E-state index in [1.54, 1.807) is 0 Å². The SMILES string of the molecule is Br.NC(N)=NNN1CCNC1. The first-order chi connectivity index (χ1) is 4.79. The third-order valence-corrected chi connectivity index (χ3v) is 1.18. The molecule has 0 atom stereocenters. The van der Waals surface area contributed by atoms with Gasteiger partial charge in [0, 0.05) is 13.1 Å². The molecule has 1 saturated heterocycles. The van der Waals surface area contributed by atoms with E-state index in [4.69, 9.17) is 11.5 Å². The van der Waals surface area contributed by atoms with E-state index in [0.29, 0.717) is 0 Å². The van der Waals surface area contributed by atoms with E-state index >= 15 is 0 Å². The van der Waals surface area contributed by atoms with Gasteiger partial charge < -0.3 is 16.8 Å². The lowest BCUT2D eigenvalue weighted by molar-refractivity contribution is 0.239. The second kappa shape index (κ2) is 5.16. The molecule has 1 fully saturated rings. The number of hydrazine groups is 1. The average Bonchev–Trinajstić information content (AvgIpc) is 2.34. The van der Waals surface area contributed by atoms with Crippen LogP contribution in [0.15, 0.2) is 5.10 Å². The van der Waals surface area contributed by atoms with Crippen molar-refractivity contribution >= 4 is 22.9 Å². The van der Waals surface area contributed by atoms with Crippen LogP contribution in [0.2, 0.25) is 0 Å². The molecular weight excluding hydrogens is 212 g/mol. The quantitative estimate of drug-likeness (QED) is 0.251. The molecule has 0 aliphatic carbocycles. The van der Waals surface area contributed by atoms with Crippen LogP contribution in [0.5, 0.6) is 0 Å². The summed E-state index contributed by atoms with van der Waals surface area (Å²) in [5, 5.41) is 8.60. The minimum Gasteiger partial charge on any atom is -0.369 e. The topological polar surface area (TPSA) is 91.7 Å². The van der Waals surface area contributed by atoms with Crippen molar-refractivity contribution in [1.82, 2.24) is 15.9 Å². The standard InChI is InChI=1S/C4H12N6.BrH/c5-4(6)8-9-10-2-1-7-3-10;/h7,9H,1-3H2,(H4,5,6,8);1H. The largest absolute Gasteiger partial charge is 0.369 e. The third-order valence-electron chi connectivity index (χ3n) is 1.18. The minimum absolute atomic E-state index is 0. The number of guanidine groups is 1. The van der Waals surface area contributed by atoms with E-state index < -0.39 is 0 Å². The van der Waals surface area contributed by atoms with Gasteiger partial charge in [0.2, 0.25) is 5.96 Å². The molecule has 0 spiro atoms. The fraction of sp³-hybridized carbons (Fsp3) is 0.750. The van der Waals surface area contributed by atoms with Crippen molar-refractivity contribution in [2.75, 3.05) is 19.8 Å². The lowest BCUT2D eigenvalue weighted by Crippen LogP contribution is -2.36. The first-order valence-corrected chi connectivity index (χ1v) is 3.09. The number of nitrogens with two attached hydrogens (primary N) is 2. The van der Waals surface area contributed by atoms with E-state index in [2.05, 4.69) is 16.0 Å². The number of hydrazone groups is 1. The Hall–Kier alpha value is -0.530. The number of halogens is 1. The Morgan fingerprint density at radius 1 is 1.55 bits per heavy atom. The fourth-order valence-electron chi connectivity index (χ4n) is 0.721. The number of nitrogens with zero attached hydrogens (tertiary/aromatic N) is 2. The van der Waals surface area contributed by atoms with Gasteiger partial charge in [0.15, 0.2) is 0 Å². The zero-order valence-corrected chi connectivity index (χ0v) is 7.79. The van der Waals surface area contributed by atoms with Crippen LogP contribution >= 0.6 is 17.0 Å². The summed E-state index contributed by atoms with van der Waals surface area (Å²) in [4.78, 5) is 0. The average molecular weight is 225 g/mol. The van der Waals surface area contributed by atoms with Crippen LogP contribution < -0.4 is 22.3 Å². The summed E-state index contributed by atoms with van der Waals surface area (Å²) in [7, 11) is 0. The lowest BCUT2D eigenvalue weighted by atomic mass is 10.7. The van der Waals surface area contributed by atoms with E-state index in [9.17, 15) is 0 Å². The van der Waals surface area contributed by atoms with Gasteiger partial charge in [0.1, 0.15) is 0 Å². The summed E-state index contributed by atoms with van der Waals surface area (Å²) in [6, 6.07) is 0. The van der Waals surface area contributed by atoms with Gasteiger partial charge in [-0.15, -0.1) is 22.1 Å². The third kappa shape index (κ3) is 4.02. The van der Waals surface area contributed by atoms with Gasteiger partial charge in [-0.3, -0.25) is 0 Å². The maximum Gasteiger partial charge on any atom is 0.209 e. The van der Waals surface area contributed by atoms with Crippen LogP contribution in [0.4, 0.5) is 0 Å². The smallest absolute Gasteiger partial charge is 0.209 e. The highest BCUT2D eigenvalue weighted by molar-refractivity contribution is 8.93. The molecule has 1 rings (SSSR count). The lowest BCUT2D eigenvalue weighted by Gasteiger charge is -2.11. The highest BCUT2D eigenvalue weighted by Crippen LogP contribution is 1.84. The van der Waals surface area contributed by atoms with Crippen molar-refractivity contribution in [2.45, 2.75) is 0 Å². The van der Waals surface area contributed by atoms with Gasteiger partial charge in [-0.05, 0) is 0 Å².